The van der Waals surface area contributed by atoms with E-state index in [1.54, 1.807) is 0 Å². The fraction of sp³-hybridized carbons (Fsp3) is 0.0222. The van der Waals surface area contributed by atoms with E-state index in [0.29, 0.717) is 0 Å². The van der Waals surface area contributed by atoms with Gasteiger partial charge in [0.2, 0.25) is 0 Å². The highest BCUT2D eigenvalue weighted by Crippen LogP contribution is 2.49. The summed E-state index contributed by atoms with van der Waals surface area (Å²) in [6.07, 6.45) is 3.40. The molecule has 0 spiro atoms. The van der Waals surface area contributed by atoms with Gasteiger partial charge in [-0.15, -0.1) is 11.3 Å². The van der Waals surface area contributed by atoms with Crippen molar-refractivity contribution in [3.05, 3.63) is 174 Å². The minimum Gasteiger partial charge on any atom is -0.135 e. The smallest absolute Gasteiger partial charge is 0.0434 e. The molecule has 8 aromatic carbocycles. The molecule has 0 unspecified atom stereocenters. The minimum absolute atomic E-state index is 0.961. The molecule has 0 amide bonds. The van der Waals surface area contributed by atoms with Crippen molar-refractivity contribution in [3.8, 4) is 22.3 Å². The van der Waals surface area contributed by atoms with Crippen molar-refractivity contribution in [2.75, 3.05) is 0 Å². The largest absolute Gasteiger partial charge is 0.135 e. The van der Waals surface area contributed by atoms with Gasteiger partial charge in [0.25, 0.3) is 0 Å². The first-order valence-electron chi connectivity index (χ1n) is 16.0. The molecule has 1 aliphatic carbocycles. The lowest BCUT2D eigenvalue weighted by Gasteiger charge is -2.18. The summed E-state index contributed by atoms with van der Waals surface area (Å²) in [5.41, 5.74) is 10.7. The van der Waals surface area contributed by atoms with E-state index in [0.717, 1.165) is 6.42 Å². The van der Waals surface area contributed by atoms with Crippen molar-refractivity contribution in [1.82, 2.24) is 0 Å². The summed E-state index contributed by atoms with van der Waals surface area (Å²) in [6.45, 7) is 0. The number of hydrogen-bond acceptors (Lipinski definition) is 1. The molecule has 0 bridgehead atoms. The van der Waals surface area contributed by atoms with Crippen molar-refractivity contribution in [3.63, 3.8) is 0 Å². The molecule has 0 saturated heterocycles. The summed E-state index contributed by atoms with van der Waals surface area (Å²) < 4.78 is 2.73. The average Bonchev–Trinajstić information content (AvgIpc) is 3.72. The molecule has 0 nitrogen and oxygen atoms in total. The fourth-order valence-corrected chi connectivity index (χ4v) is 9.15. The van der Waals surface area contributed by atoms with Gasteiger partial charge in [0.1, 0.15) is 0 Å². The lowest BCUT2D eigenvalue weighted by atomic mass is 9.85. The molecule has 0 atom stereocenters. The zero-order valence-electron chi connectivity index (χ0n) is 25.1. The molecule has 1 heteroatoms. The first kappa shape index (κ1) is 25.8. The van der Waals surface area contributed by atoms with Crippen LogP contribution in [0.3, 0.4) is 0 Å². The van der Waals surface area contributed by atoms with Gasteiger partial charge in [-0.2, -0.15) is 0 Å². The average molecular weight is 601 g/mol. The number of fused-ring (bicyclic) bond motifs is 8. The summed E-state index contributed by atoms with van der Waals surface area (Å²) in [5, 5.41) is 10.6. The van der Waals surface area contributed by atoms with Crippen molar-refractivity contribution in [2.24, 2.45) is 0 Å². The summed E-state index contributed by atoms with van der Waals surface area (Å²) in [5.74, 6) is 0. The van der Waals surface area contributed by atoms with Crippen LogP contribution >= 0.6 is 11.3 Å². The highest BCUT2D eigenvalue weighted by atomic mass is 32.1. The van der Waals surface area contributed by atoms with Gasteiger partial charge in [-0.25, -0.2) is 0 Å². The summed E-state index contributed by atoms with van der Waals surface area (Å²) in [7, 11) is 0. The Kier molecular flexibility index (Phi) is 5.61. The summed E-state index contributed by atoms with van der Waals surface area (Å²) in [6, 6.07) is 56.0. The number of hydrogen-bond donors (Lipinski definition) is 0. The number of allylic oxidation sites excluding steroid dienone is 1. The van der Waals surface area contributed by atoms with Gasteiger partial charge in [0, 0.05) is 25.7 Å². The SMILES string of the molecule is C1=C(c2ccc3ccccc3c2)c2ccc3sc4c(-c5c6ccccc6c(-c6ccccc6)c6ccccc56)cccc4c3c2C1. The van der Waals surface area contributed by atoms with E-state index in [9.17, 15) is 0 Å². The van der Waals surface area contributed by atoms with Crippen LogP contribution in [-0.2, 0) is 6.42 Å². The second-order valence-corrected chi connectivity index (χ2v) is 13.4. The van der Waals surface area contributed by atoms with Crippen LogP contribution in [0.2, 0.25) is 0 Å². The Labute approximate surface area is 271 Å². The van der Waals surface area contributed by atoms with Gasteiger partial charge < -0.3 is 0 Å². The summed E-state index contributed by atoms with van der Waals surface area (Å²) in [4.78, 5) is 0. The lowest BCUT2D eigenvalue weighted by molar-refractivity contribution is 1.35. The molecule has 0 radical (unpaired) electrons. The quantitative estimate of drug-likeness (QED) is 0.177. The maximum Gasteiger partial charge on any atom is 0.0434 e. The van der Waals surface area contributed by atoms with E-state index in [2.05, 4.69) is 158 Å². The van der Waals surface area contributed by atoms with Crippen molar-refractivity contribution in [2.45, 2.75) is 6.42 Å². The normalized spacial score (nSPS) is 12.8. The Balaban J connectivity index is 1.22. The topological polar surface area (TPSA) is 0 Å². The standard InChI is InChI=1S/C45H28S/c1-2-12-29(13-3-1)42-34-15-6-8-17-36(34)43(37-18-9-7-16-35(37)42)39-19-10-20-40-44-38-24-23-32(33(38)25-26-41(44)46-45(39)40)31-22-21-28-11-4-5-14-30(28)27-31/h1-23,25-27H,24H2. The van der Waals surface area contributed by atoms with Crippen LogP contribution < -0.4 is 0 Å². The maximum atomic E-state index is 2.44. The molecule has 10 rings (SSSR count). The molecule has 0 N–H and O–H groups in total. The molecule has 1 heterocycles. The van der Waals surface area contributed by atoms with Crippen LogP contribution in [0.25, 0.3) is 80.3 Å². The van der Waals surface area contributed by atoms with Crippen LogP contribution in [0.15, 0.2) is 158 Å². The molecule has 1 aliphatic rings. The van der Waals surface area contributed by atoms with E-state index in [4.69, 9.17) is 0 Å². The number of rotatable bonds is 3. The molecule has 0 saturated carbocycles. The third-order valence-electron chi connectivity index (χ3n) is 9.90. The lowest BCUT2D eigenvalue weighted by Crippen LogP contribution is -1.91. The summed E-state index contributed by atoms with van der Waals surface area (Å²) >= 11 is 1.94. The van der Waals surface area contributed by atoms with E-state index >= 15 is 0 Å². The van der Waals surface area contributed by atoms with Gasteiger partial charge in [-0.05, 0) is 89.8 Å². The predicted molar refractivity (Wildman–Crippen MR) is 200 cm³/mol. The highest BCUT2D eigenvalue weighted by molar-refractivity contribution is 7.26. The molecule has 46 heavy (non-hydrogen) atoms. The van der Waals surface area contributed by atoms with Gasteiger partial charge >= 0.3 is 0 Å². The molecule has 9 aromatic rings. The molecule has 0 aliphatic heterocycles. The monoisotopic (exact) mass is 600 g/mol. The second-order valence-electron chi connectivity index (χ2n) is 12.3. The van der Waals surface area contributed by atoms with Crippen molar-refractivity contribution in [1.29, 1.82) is 0 Å². The first-order valence-corrected chi connectivity index (χ1v) is 16.8. The minimum atomic E-state index is 0.961. The second kappa shape index (κ2) is 10.0. The number of thiophene rings is 1. The maximum absolute atomic E-state index is 2.44. The van der Waals surface area contributed by atoms with E-state index < -0.39 is 0 Å². The van der Waals surface area contributed by atoms with E-state index in [-0.39, 0.29) is 0 Å². The van der Waals surface area contributed by atoms with Crippen LogP contribution in [0, 0.1) is 0 Å². The third kappa shape index (κ3) is 3.73. The van der Waals surface area contributed by atoms with Crippen LogP contribution in [0.4, 0.5) is 0 Å². The van der Waals surface area contributed by atoms with E-state index in [1.165, 1.54) is 97.0 Å². The molecular formula is C45H28S. The van der Waals surface area contributed by atoms with Gasteiger partial charge in [-0.1, -0.05) is 146 Å². The molecular weight excluding hydrogens is 573 g/mol. The molecule has 0 fully saturated rings. The predicted octanol–water partition coefficient (Wildman–Crippen LogP) is 12.8. The van der Waals surface area contributed by atoms with Gasteiger partial charge in [0.15, 0.2) is 0 Å². The molecule has 1 aromatic heterocycles. The van der Waals surface area contributed by atoms with Crippen LogP contribution in [0.5, 0.6) is 0 Å². The van der Waals surface area contributed by atoms with Crippen molar-refractivity contribution >= 4 is 69.4 Å². The number of benzene rings is 8. The van der Waals surface area contributed by atoms with Crippen LogP contribution in [-0.4, -0.2) is 0 Å². The van der Waals surface area contributed by atoms with Gasteiger partial charge in [-0.3, -0.25) is 0 Å². The Bertz CT molecular complexity index is 2650. The zero-order valence-corrected chi connectivity index (χ0v) is 25.9. The van der Waals surface area contributed by atoms with E-state index in [1.807, 2.05) is 11.3 Å². The molecule has 214 valence electrons. The van der Waals surface area contributed by atoms with Crippen molar-refractivity contribution < 1.29 is 0 Å². The Morgan fingerprint density at radius 3 is 1.85 bits per heavy atom. The zero-order chi connectivity index (χ0) is 30.2. The third-order valence-corrected chi connectivity index (χ3v) is 11.1. The van der Waals surface area contributed by atoms with Crippen LogP contribution in [0.1, 0.15) is 16.7 Å². The highest BCUT2D eigenvalue weighted by Gasteiger charge is 2.23. The fourth-order valence-electron chi connectivity index (χ4n) is 7.90. The Morgan fingerprint density at radius 1 is 0.435 bits per heavy atom. The Hall–Kier alpha value is -5.50. The van der Waals surface area contributed by atoms with Gasteiger partial charge in [0.05, 0.1) is 0 Å². The first-order chi connectivity index (χ1) is 22.8. The Morgan fingerprint density at radius 2 is 1.09 bits per heavy atom.